The van der Waals surface area contributed by atoms with Crippen LogP contribution in [0.1, 0.15) is 25.5 Å². The molecule has 1 atom stereocenters. The molecule has 0 radical (unpaired) electrons. The second-order valence-electron chi connectivity index (χ2n) is 3.73. The number of urea groups is 1. The van der Waals surface area contributed by atoms with Crippen LogP contribution in [0.15, 0.2) is 10.9 Å². The Morgan fingerprint density at radius 2 is 2.35 bits per heavy atom. The van der Waals surface area contributed by atoms with Crippen molar-refractivity contribution in [1.82, 2.24) is 15.3 Å². The normalized spacial score (nSPS) is 11.9. The molecular weight excluding hydrogens is 222 g/mol. The van der Waals surface area contributed by atoms with Crippen LogP contribution in [0.25, 0.3) is 0 Å². The highest BCUT2D eigenvalue weighted by Crippen LogP contribution is 1.96. The van der Waals surface area contributed by atoms with E-state index in [9.17, 15) is 9.59 Å². The summed E-state index contributed by atoms with van der Waals surface area (Å²) in [5.41, 5.74) is 5.85. The van der Waals surface area contributed by atoms with Gasteiger partial charge in [-0.25, -0.2) is 9.78 Å². The Morgan fingerprint density at radius 1 is 1.65 bits per heavy atom. The van der Waals surface area contributed by atoms with E-state index in [-0.39, 0.29) is 11.5 Å². The average Bonchev–Trinajstić information content (AvgIpc) is 2.14. The number of nitrogens with zero attached hydrogens (tertiary/aromatic N) is 1. The summed E-state index contributed by atoms with van der Waals surface area (Å²) in [6.07, 6.45) is 1.16. The Balaban J connectivity index is 2.59. The summed E-state index contributed by atoms with van der Waals surface area (Å²) < 4.78 is 0. The number of hydrogen-bond donors (Lipinski definition) is 4. The van der Waals surface area contributed by atoms with Crippen molar-refractivity contribution in [1.29, 1.82) is 0 Å². The largest absolute Gasteiger partial charge is 0.323 e. The molecule has 0 bridgehead atoms. The maximum atomic E-state index is 11.5. The second kappa shape index (κ2) is 6.00. The van der Waals surface area contributed by atoms with Gasteiger partial charge >= 0.3 is 6.03 Å². The van der Waals surface area contributed by atoms with Crippen molar-refractivity contribution in [2.24, 2.45) is 5.73 Å². The number of amides is 2. The third-order valence-electron chi connectivity index (χ3n) is 2.02. The third-order valence-corrected chi connectivity index (χ3v) is 2.02. The van der Waals surface area contributed by atoms with E-state index in [0.29, 0.717) is 12.1 Å². The summed E-state index contributed by atoms with van der Waals surface area (Å²) >= 11 is 0. The molecular formula is C10H17N5O2. The molecule has 94 valence electrons. The highest BCUT2D eigenvalue weighted by Gasteiger charge is 2.08. The van der Waals surface area contributed by atoms with Gasteiger partial charge in [-0.2, -0.15) is 0 Å². The lowest BCUT2D eigenvalue weighted by Gasteiger charge is -2.13. The van der Waals surface area contributed by atoms with E-state index in [0.717, 1.165) is 6.42 Å². The molecule has 17 heavy (non-hydrogen) atoms. The number of carbonyl (C=O) groups excluding carboxylic acids is 1. The van der Waals surface area contributed by atoms with Crippen molar-refractivity contribution in [3.05, 3.63) is 22.1 Å². The Bertz CT molecular complexity index is 443. The summed E-state index contributed by atoms with van der Waals surface area (Å²) in [6, 6.07) is 0.853. The minimum absolute atomic E-state index is 0.108. The maximum Gasteiger partial charge on any atom is 0.322 e. The number of nitrogens with two attached hydrogens (primary N) is 1. The molecule has 1 aromatic heterocycles. The first-order valence-electron chi connectivity index (χ1n) is 5.42. The quantitative estimate of drug-likeness (QED) is 0.565. The minimum atomic E-state index is -0.486. The van der Waals surface area contributed by atoms with Crippen LogP contribution in [0, 0.1) is 6.92 Å². The molecule has 0 saturated carbocycles. The van der Waals surface area contributed by atoms with Gasteiger partial charge in [-0.3, -0.25) is 15.1 Å². The van der Waals surface area contributed by atoms with Gasteiger partial charge in [-0.05, 0) is 13.3 Å². The maximum absolute atomic E-state index is 11.5. The van der Waals surface area contributed by atoms with E-state index < -0.39 is 12.2 Å². The van der Waals surface area contributed by atoms with E-state index in [2.05, 4.69) is 20.6 Å². The molecule has 1 unspecified atom stereocenters. The highest BCUT2D eigenvalue weighted by atomic mass is 16.2. The molecule has 0 spiro atoms. The van der Waals surface area contributed by atoms with Gasteiger partial charge in [0.1, 0.15) is 0 Å². The van der Waals surface area contributed by atoms with E-state index >= 15 is 0 Å². The first-order chi connectivity index (χ1) is 8.01. The molecule has 7 heteroatoms. The fraction of sp³-hybridized carbons (Fsp3) is 0.500. The topological polar surface area (TPSA) is 113 Å². The first kappa shape index (κ1) is 13.2. The van der Waals surface area contributed by atoms with E-state index in [1.54, 1.807) is 6.92 Å². The molecule has 1 aromatic rings. The summed E-state index contributed by atoms with van der Waals surface area (Å²) in [5.74, 6) is 0.108. The molecule has 0 aromatic carbocycles. The van der Waals surface area contributed by atoms with Crippen LogP contribution in [0.3, 0.4) is 0 Å². The van der Waals surface area contributed by atoms with E-state index in [1.807, 2.05) is 6.92 Å². The summed E-state index contributed by atoms with van der Waals surface area (Å²) in [7, 11) is 0. The number of H-pyrrole nitrogens is 1. The molecule has 5 N–H and O–H groups in total. The van der Waals surface area contributed by atoms with Crippen molar-refractivity contribution in [3.63, 3.8) is 0 Å². The Morgan fingerprint density at radius 3 is 2.94 bits per heavy atom. The summed E-state index contributed by atoms with van der Waals surface area (Å²) in [6.45, 7) is 3.64. The lowest BCUT2D eigenvalue weighted by molar-refractivity contribution is 0.248. The van der Waals surface area contributed by atoms with Crippen molar-refractivity contribution in [2.75, 3.05) is 5.32 Å². The van der Waals surface area contributed by atoms with Crippen LogP contribution in [0.2, 0.25) is 0 Å². The fourth-order valence-corrected chi connectivity index (χ4v) is 1.33. The Kier molecular flexibility index (Phi) is 4.65. The monoisotopic (exact) mass is 239 g/mol. The molecule has 0 saturated heterocycles. The standard InChI is InChI=1S/C10H17N5O2/c1-3-4-7(11)13-10(17)15-9-12-6(2)5-8(16)14-9/h5,7H,3-4,11H2,1-2H3,(H3,12,13,14,15,16,17). The SMILES string of the molecule is CCCC(N)NC(=O)Nc1nc(C)cc(=O)[nH]1. The number of rotatable bonds is 4. The van der Waals surface area contributed by atoms with Crippen molar-refractivity contribution >= 4 is 12.0 Å². The van der Waals surface area contributed by atoms with Gasteiger partial charge in [0.15, 0.2) is 0 Å². The van der Waals surface area contributed by atoms with Gasteiger partial charge < -0.3 is 11.1 Å². The first-order valence-corrected chi connectivity index (χ1v) is 5.42. The number of anilines is 1. The molecule has 0 aliphatic heterocycles. The molecule has 2 amide bonds. The van der Waals surface area contributed by atoms with Gasteiger partial charge in [-0.15, -0.1) is 0 Å². The van der Waals surface area contributed by atoms with Crippen molar-refractivity contribution in [2.45, 2.75) is 32.9 Å². The number of carbonyl (C=O) groups is 1. The van der Waals surface area contributed by atoms with Crippen molar-refractivity contribution in [3.8, 4) is 0 Å². The molecule has 1 rings (SSSR count). The minimum Gasteiger partial charge on any atom is -0.323 e. The highest BCUT2D eigenvalue weighted by molar-refractivity contribution is 5.87. The van der Waals surface area contributed by atoms with Gasteiger partial charge in [0.05, 0.1) is 6.17 Å². The van der Waals surface area contributed by atoms with E-state index in [1.165, 1.54) is 6.07 Å². The predicted octanol–water partition coefficient (Wildman–Crippen LogP) is 0.285. The Labute approximate surface area is 98.8 Å². The number of hydrogen-bond acceptors (Lipinski definition) is 4. The zero-order valence-corrected chi connectivity index (χ0v) is 9.91. The van der Waals surface area contributed by atoms with Crippen LogP contribution in [0.5, 0.6) is 0 Å². The van der Waals surface area contributed by atoms with Crippen LogP contribution in [0.4, 0.5) is 10.7 Å². The zero-order valence-electron chi connectivity index (χ0n) is 9.91. The third kappa shape index (κ3) is 4.64. The van der Waals surface area contributed by atoms with Crippen LogP contribution < -0.4 is 21.9 Å². The van der Waals surface area contributed by atoms with Gasteiger partial charge in [0.2, 0.25) is 5.95 Å². The second-order valence-corrected chi connectivity index (χ2v) is 3.73. The van der Waals surface area contributed by atoms with Gasteiger partial charge in [-0.1, -0.05) is 13.3 Å². The predicted molar refractivity (Wildman–Crippen MR) is 64.6 cm³/mol. The van der Waals surface area contributed by atoms with Gasteiger partial charge in [0.25, 0.3) is 5.56 Å². The van der Waals surface area contributed by atoms with Crippen LogP contribution >= 0.6 is 0 Å². The fourth-order valence-electron chi connectivity index (χ4n) is 1.33. The molecule has 7 nitrogen and oxygen atoms in total. The van der Waals surface area contributed by atoms with Gasteiger partial charge in [0, 0.05) is 11.8 Å². The van der Waals surface area contributed by atoms with Crippen molar-refractivity contribution < 1.29 is 4.79 Å². The molecule has 1 heterocycles. The molecule has 0 aliphatic rings. The number of aryl methyl sites for hydroxylation is 1. The zero-order chi connectivity index (χ0) is 12.8. The van der Waals surface area contributed by atoms with Crippen LogP contribution in [-0.2, 0) is 0 Å². The smallest absolute Gasteiger partial charge is 0.322 e. The lowest BCUT2D eigenvalue weighted by atomic mass is 10.3. The number of aromatic amines is 1. The number of aromatic nitrogens is 2. The van der Waals surface area contributed by atoms with E-state index in [4.69, 9.17) is 5.73 Å². The Hall–Kier alpha value is -1.89. The molecule has 0 aliphatic carbocycles. The lowest BCUT2D eigenvalue weighted by Crippen LogP contribution is -2.43. The summed E-state index contributed by atoms with van der Waals surface area (Å²) in [5, 5.41) is 4.95. The van der Waals surface area contributed by atoms with Crippen LogP contribution in [-0.4, -0.2) is 22.2 Å². The number of nitrogens with one attached hydrogen (secondary N) is 3. The molecule has 0 fully saturated rings. The summed E-state index contributed by atoms with van der Waals surface area (Å²) in [4.78, 5) is 28.9. The average molecular weight is 239 g/mol.